The van der Waals surface area contributed by atoms with Gasteiger partial charge < -0.3 is 10.0 Å². The molecule has 3 nitrogen and oxygen atoms in total. The summed E-state index contributed by atoms with van der Waals surface area (Å²) in [5, 5.41) is 19.5. The highest BCUT2D eigenvalue weighted by Gasteiger charge is 2.26. The number of nitrogens with zero attached hydrogens (tertiary/aromatic N) is 2. The van der Waals surface area contributed by atoms with E-state index < -0.39 is 6.10 Å². The van der Waals surface area contributed by atoms with E-state index in [2.05, 4.69) is 42.2 Å². The van der Waals surface area contributed by atoms with Crippen LogP contribution in [0.5, 0.6) is 0 Å². The third-order valence-corrected chi connectivity index (χ3v) is 4.75. The number of rotatable bonds is 4. The van der Waals surface area contributed by atoms with Crippen molar-refractivity contribution in [2.24, 2.45) is 0 Å². The van der Waals surface area contributed by atoms with Crippen LogP contribution in [0.25, 0.3) is 0 Å². The monoisotopic (exact) mass is 306 g/mol. The molecule has 118 valence electrons. The zero-order valence-electron chi connectivity index (χ0n) is 13.4. The molecule has 0 aliphatic carbocycles. The van der Waals surface area contributed by atoms with E-state index in [4.69, 9.17) is 5.26 Å². The summed E-state index contributed by atoms with van der Waals surface area (Å²) in [5.41, 5.74) is 4.10. The number of benzene rings is 2. The van der Waals surface area contributed by atoms with Gasteiger partial charge in [-0.05, 0) is 48.6 Å². The van der Waals surface area contributed by atoms with Crippen LogP contribution >= 0.6 is 0 Å². The van der Waals surface area contributed by atoms with E-state index in [0.717, 1.165) is 24.8 Å². The zero-order valence-corrected chi connectivity index (χ0v) is 13.4. The van der Waals surface area contributed by atoms with Crippen molar-refractivity contribution < 1.29 is 5.11 Å². The lowest BCUT2D eigenvalue weighted by Gasteiger charge is -2.39. The van der Waals surface area contributed by atoms with Gasteiger partial charge in [-0.1, -0.05) is 37.3 Å². The van der Waals surface area contributed by atoms with Crippen LogP contribution in [-0.2, 0) is 6.42 Å². The lowest BCUT2D eigenvalue weighted by atomic mass is 9.93. The smallest absolute Gasteiger partial charge is 0.0991 e. The van der Waals surface area contributed by atoms with E-state index in [-0.39, 0.29) is 0 Å². The largest absolute Gasteiger partial charge is 0.387 e. The van der Waals surface area contributed by atoms with Crippen molar-refractivity contribution in [2.75, 3.05) is 11.4 Å². The van der Waals surface area contributed by atoms with Gasteiger partial charge in [0.05, 0.1) is 17.7 Å². The third kappa shape index (κ3) is 3.23. The van der Waals surface area contributed by atoms with E-state index in [1.54, 1.807) is 12.1 Å². The Labute approximate surface area is 137 Å². The van der Waals surface area contributed by atoms with Crippen molar-refractivity contribution >= 4 is 5.69 Å². The van der Waals surface area contributed by atoms with E-state index in [0.29, 0.717) is 18.2 Å². The third-order valence-electron chi connectivity index (χ3n) is 4.75. The molecule has 1 aliphatic rings. The minimum atomic E-state index is -0.553. The summed E-state index contributed by atoms with van der Waals surface area (Å²) in [6, 6.07) is 18.3. The number of nitriles is 1. The Balaban J connectivity index is 1.83. The van der Waals surface area contributed by atoms with Crippen LogP contribution in [0.1, 0.15) is 42.6 Å². The first-order valence-electron chi connectivity index (χ1n) is 8.25. The van der Waals surface area contributed by atoms with Crippen molar-refractivity contribution in [2.45, 2.75) is 38.3 Å². The number of hydrogen-bond donors (Lipinski definition) is 1. The molecule has 0 aromatic heterocycles. The Bertz CT molecular complexity index is 702. The summed E-state index contributed by atoms with van der Waals surface area (Å²) < 4.78 is 0. The Morgan fingerprint density at radius 1 is 1.22 bits per heavy atom. The fraction of sp³-hybridized carbons (Fsp3) is 0.350. The highest BCUT2D eigenvalue weighted by atomic mass is 16.3. The van der Waals surface area contributed by atoms with Crippen molar-refractivity contribution in [3.63, 3.8) is 0 Å². The highest BCUT2D eigenvalue weighted by molar-refractivity contribution is 5.56. The first-order valence-corrected chi connectivity index (χ1v) is 8.25. The molecule has 0 saturated heterocycles. The summed E-state index contributed by atoms with van der Waals surface area (Å²) in [4.78, 5) is 2.35. The lowest BCUT2D eigenvalue weighted by Crippen LogP contribution is -2.41. The van der Waals surface area contributed by atoms with E-state index in [1.807, 2.05) is 12.1 Å². The number of fused-ring (bicyclic) bond motifs is 1. The molecule has 2 aromatic rings. The molecule has 1 heterocycles. The fourth-order valence-electron chi connectivity index (χ4n) is 3.42. The van der Waals surface area contributed by atoms with E-state index in [1.165, 1.54) is 11.3 Å². The molecular weight excluding hydrogens is 284 g/mol. The number of hydrogen-bond acceptors (Lipinski definition) is 3. The number of anilines is 1. The van der Waals surface area contributed by atoms with Crippen molar-refractivity contribution in [1.29, 1.82) is 5.26 Å². The van der Waals surface area contributed by atoms with Gasteiger partial charge in [-0.25, -0.2) is 0 Å². The second-order valence-corrected chi connectivity index (χ2v) is 6.13. The highest BCUT2D eigenvalue weighted by Crippen LogP contribution is 2.33. The van der Waals surface area contributed by atoms with Crippen LogP contribution in [0, 0.1) is 11.3 Å². The van der Waals surface area contributed by atoms with Crippen LogP contribution in [-0.4, -0.2) is 17.7 Å². The Kier molecular flexibility index (Phi) is 4.64. The van der Waals surface area contributed by atoms with Gasteiger partial charge in [0.2, 0.25) is 0 Å². The second-order valence-electron chi connectivity index (χ2n) is 6.13. The predicted octanol–water partition coefficient (Wildman–Crippen LogP) is 3.82. The quantitative estimate of drug-likeness (QED) is 0.934. The molecular formula is C20H22N2O. The summed E-state index contributed by atoms with van der Waals surface area (Å²) in [6.45, 7) is 2.79. The van der Waals surface area contributed by atoms with Gasteiger partial charge in [0.15, 0.2) is 0 Å². The van der Waals surface area contributed by atoms with Crippen molar-refractivity contribution in [3.05, 3.63) is 65.2 Å². The molecule has 0 bridgehead atoms. The molecule has 3 rings (SSSR count). The number of β-amino-alcohol motifs (C(OH)–C–C–N with tert-alkyl or cyclic N) is 1. The lowest BCUT2D eigenvalue weighted by molar-refractivity contribution is 0.178. The molecule has 0 unspecified atom stereocenters. The molecule has 0 radical (unpaired) electrons. The Morgan fingerprint density at radius 2 is 1.96 bits per heavy atom. The average Bonchev–Trinajstić information content (AvgIpc) is 2.62. The standard InChI is InChI=1S/C20H22N2O/c1-2-18-12-11-16-5-3-4-6-19(16)22(18)14-20(23)17-9-7-15(13-21)8-10-17/h3-10,18,20,23H,2,11-12,14H2,1H3/t18-,20-/m0/s1. The molecule has 2 atom stereocenters. The predicted molar refractivity (Wildman–Crippen MR) is 92.3 cm³/mol. The molecule has 0 saturated carbocycles. The van der Waals surface area contributed by atoms with Gasteiger partial charge in [-0.3, -0.25) is 0 Å². The second kappa shape index (κ2) is 6.85. The maximum atomic E-state index is 10.7. The molecule has 2 aromatic carbocycles. The maximum Gasteiger partial charge on any atom is 0.0991 e. The SMILES string of the molecule is CC[C@H]1CCc2ccccc2N1C[C@H](O)c1ccc(C#N)cc1. The van der Waals surface area contributed by atoms with Gasteiger partial charge in [0.1, 0.15) is 0 Å². The normalized spacial score (nSPS) is 18.1. The molecule has 1 aliphatic heterocycles. The van der Waals surface area contributed by atoms with E-state index in [9.17, 15) is 5.11 Å². The molecule has 0 amide bonds. The van der Waals surface area contributed by atoms with Crippen LogP contribution in [0.3, 0.4) is 0 Å². The zero-order chi connectivity index (χ0) is 16.2. The number of aryl methyl sites for hydroxylation is 1. The van der Waals surface area contributed by atoms with Crippen LogP contribution in [0.15, 0.2) is 48.5 Å². The number of para-hydroxylation sites is 1. The van der Waals surface area contributed by atoms with Crippen LogP contribution in [0.4, 0.5) is 5.69 Å². The van der Waals surface area contributed by atoms with Gasteiger partial charge in [0, 0.05) is 18.3 Å². The van der Waals surface area contributed by atoms with Crippen molar-refractivity contribution in [3.8, 4) is 6.07 Å². The van der Waals surface area contributed by atoms with Gasteiger partial charge in [-0.15, -0.1) is 0 Å². The topological polar surface area (TPSA) is 47.3 Å². The molecule has 23 heavy (non-hydrogen) atoms. The summed E-state index contributed by atoms with van der Waals surface area (Å²) >= 11 is 0. The molecule has 1 N–H and O–H groups in total. The van der Waals surface area contributed by atoms with Crippen molar-refractivity contribution in [1.82, 2.24) is 0 Å². The molecule has 0 fully saturated rings. The van der Waals surface area contributed by atoms with Crippen LogP contribution in [0.2, 0.25) is 0 Å². The molecule has 0 spiro atoms. The minimum Gasteiger partial charge on any atom is -0.387 e. The maximum absolute atomic E-state index is 10.7. The van der Waals surface area contributed by atoms with Gasteiger partial charge >= 0.3 is 0 Å². The first kappa shape index (κ1) is 15.6. The fourth-order valence-corrected chi connectivity index (χ4v) is 3.42. The Morgan fingerprint density at radius 3 is 2.65 bits per heavy atom. The van der Waals surface area contributed by atoms with Gasteiger partial charge in [0.25, 0.3) is 0 Å². The van der Waals surface area contributed by atoms with E-state index >= 15 is 0 Å². The number of aliphatic hydroxyl groups is 1. The minimum absolute atomic E-state index is 0.470. The number of aliphatic hydroxyl groups excluding tert-OH is 1. The molecule has 3 heteroatoms. The average molecular weight is 306 g/mol. The summed E-state index contributed by atoms with van der Waals surface area (Å²) in [7, 11) is 0. The first-order chi connectivity index (χ1) is 11.2. The summed E-state index contributed by atoms with van der Waals surface area (Å²) in [5.74, 6) is 0. The summed E-state index contributed by atoms with van der Waals surface area (Å²) in [6.07, 6.45) is 2.77. The Hall–Kier alpha value is -2.31. The van der Waals surface area contributed by atoms with Crippen LogP contribution < -0.4 is 4.90 Å². The van der Waals surface area contributed by atoms with Gasteiger partial charge in [-0.2, -0.15) is 5.26 Å².